The molecule has 1 amide bonds. The number of para-hydroxylation sites is 1. The van der Waals surface area contributed by atoms with Crippen molar-refractivity contribution in [2.45, 2.75) is 26.2 Å². The number of amides is 1. The summed E-state index contributed by atoms with van der Waals surface area (Å²) in [5.74, 6) is -0.212. The van der Waals surface area contributed by atoms with Crippen molar-refractivity contribution in [1.82, 2.24) is 14.9 Å². The fraction of sp³-hybridized carbons (Fsp3) is 0.250. The van der Waals surface area contributed by atoms with Crippen molar-refractivity contribution in [3.05, 3.63) is 74.9 Å². The fourth-order valence-electron chi connectivity index (χ4n) is 2.85. The number of fused-ring (bicyclic) bond motifs is 1. The largest absolute Gasteiger partial charge is 0.352 e. The van der Waals surface area contributed by atoms with Crippen LogP contribution in [0.5, 0.6) is 0 Å². The zero-order valence-electron chi connectivity index (χ0n) is 14.6. The van der Waals surface area contributed by atoms with E-state index >= 15 is 0 Å². The third-order valence-electron chi connectivity index (χ3n) is 4.24. The second kappa shape index (κ2) is 7.82. The van der Waals surface area contributed by atoms with Crippen molar-refractivity contribution in [2.24, 2.45) is 0 Å². The van der Waals surface area contributed by atoms with Gasteiger partial charge in [-0.15, -0.1) is 0 Å². The van der Waals surface area contributed by atoms with E-state index in [9.17, 15) is 14.4 Å². The maximum Gasteiger partial charge on any atom is 0.333 e. The van der Waals surface area contributed by atoms with Crippen LogP contribution in [0.1, 0.15) is 36.5 Å². The summed E-state index contributed by atoms with van der Waals surface area (Å²) in [5, 5.41) is 3.21. The van der Waals surface area contributed by atoms with Gasteiger partial charge in [0.05, 0.1) is 16.6 Å². The van der Waals surface area contributed by atoms with E-state index in [1.54, 1.807) is 42.5 Å². The van der Waals surface area contributed by atoms with E-state index in [4.69, 9.17) is 0 Å². The molecule has 3 rings (SSSR count). The van der Waals surface area contributed by atoms with Gasteiger partial charge in [-0.05, 0) is 36.8 Å². The average Bonchev–Trinajstić information content (AvgIpc) is 2.65. The molecule has 0 saturated carbocycles. The molecule has 0 spiro atoms. The molecule has 0 fully saturated rings. The van der Waals surface area contributed by atoms with Crippen molar-refractivity contribution < 1.29 is 4.79 Å². The van der Waals surface area contributed by atoms with Gasteiger partial charge in [0.1, 0.15) is 0 Å². The van der Waals surface area contributed by atoms with Gasteiger partial charge in [-0.1, -0.05) is 38.0 Å². The molecule has 6 nitrogen and oxygen atoms in total. The number of aromatic amines is 1. The van der Waals surface area contributed by atoms with Crippen LogP contribution in [0.3, 0.4) is 0 Å². The van der Waals surface area contributed by atoms with Crippen LogP contribution in [-0.2, 0) is 0 Å². The van der Waals surface area contributed by atoms with E-state index in [-0.39, 0.29) is 5.91 Å². The van der Waals surface area contributed by atoms with Gasteiger partial charge < -0.3 is 10.3 Å². The number of rotatable bonds is 6. The molecular formula is C20H21N3O3. The van der Waals surface area contributed by atoms with E-state index in [0.717, 1.165) is 23.8 Å². The zero-order valence-corrected chi connectivity index (χ0v) is 14.6. The maximum absolute atomic E-state index is 12.7. The third-order valence-corrected chi connectivity index (χ3v) is 4.24. The lowest BCUT2D eigenvalue weighted by Crippen LogP contribution is -2.33. The summed E-state index contributed by atoms with van der Waals surface area (Å²) in [4.78, 5) is 40.0. The predicted molar refractivity (Wildman–Crippen MR) is 102 cm³/mol. The standard InChI is InChI=1S/C20H21N3O3/c1-2-3-7-12-21-18(24)14-10-11-16-17(13-14)22-20(26)23(19(16)25)15-8-5-4-6-9-15/h4-6,8-11,13H,2-3,7,12H2,1H3,(H,21,24)(H,22,26). The Morgan fingerprint density at radius 2 is 1.85 bits per heavy atom. The Kier molecular flexibility index (Phi) is 5.31. The van der Waals surface area contributed by atoms with Gasteiger partial charge >= 0.3 is 5.69 Å². The van der Waals surface area contributed by atoms with Crippen LogP contribution < -0.4 is 16.6 Å². The molecule has 2 aromatic carbocycles. The van der Waals surface area contributed by atoms with Crippen LogP contribution in [0.4, 0.5) is 0 Å². The fourth-order valence-corrected chi connectivity index (χ4v) is 2.85. The number of aromatic nitrogens is 2. The normalized spacial score (nSPS) is 10.8. The molecule has 0 bridgehead atoms. The van der Waals surface area contributed by atoms with Crippen LogP contribution in [0.25, 0.3) is 16.6 Å². The van der Waals surface area contributed by atoms with Crippen LogP contribution in [0.2, 0.25) is 0 Å². The Bertz CT molecular complexity index is 1040. The highest BCUT2D eigenvalue weighted by molar-refractivity contribution is 5.97. The SMILES string of the molecule is CCCCCNC(=O)c1ccc2c(=O)n(-c3ccccc3)c(=O)[nH]c2c1. The molecule has 6 heteroatoms. The van der Waals surface area contributed by atoms with Crippen molar-refractivity contribution in [3.8, 4) is 5.69 Å². The van der Waals surface area contributed by atoms with Gasteiger partial charge in [0.15, 0.2) is 0 Å². The molecule has 134 valence electrons. The minimum absolute atomic E-state index is 0.212. The molecule has 0 aliphatic heterocycles. The number of hydrogen-bond acceptors (Lipinski definition) is 3. The highest BCUT2D eigenvalue weighted by Crippen LogP contribution is 2.11. The summed E-state index contributed by atoms with van der Waals surface area (Å²) in [6.07, 6.45) is 3.07. The summed E-state index contributed by atoms with van der Waals surface area (Å²) in [6.45, 7) is 2.71. The minimum atomic E-state index is -0.533. The summed E-state index contributed by atoms with van der Waals surface area (Å²) in [7, 11) is 0. The van der Waals surface area contributed by atoms with Crippen molar-refractivity contribution >= 4 is 16.8 Å². The molecule has 0 atom stereocenters. The summed E-state index contributed by atoms with van der Waals surface area (Å²) < 4.78 is 1.09. The highest BCUT2D eigenvalue weighted by Gasteiger charge is 2.12. The van der Waals surface area contributed by atoms with Gasteiger partial charge in [0.2, 0.25) is 0 Å². The molecule has 0 aliphatic rings. The number of unbranched alkanes of at least 4 members (excludes halogenated alkanes) is 2. The Labute approximate surface area is 150 Å². The second-order valence-corrected chi connectivity index (χ2v) is 6.13. The van der Waals surface area contributed by atoms with E-state index in [2.05, 4.69) is 17.2 Å². The number of hydrogen-bond donors (Lipinski definition) is 2. The van der Waals surface area contributed by atoms with Gasteiger partial charge in [-0.25, -0.2) is 9.36 Å². The Morgan fingerprint density at radius 3 is 2.58 bits per heavy atom. The van der Waals surface area contributed by atoms with E-state index in [0.29, 0.717) is 28.7 Å². The Balaban J connectivity index is 1.96. The van der Waals surface area contributed by atoms with Gasteiger partial charge in [0, 0.05) is 12.1 Å². The first kappa shape index (κ1) is 17.7. The number of carbonyl (C=O) groups excluding carboxylic acids is 1. The van der Waals surface area contributed by atoms with E-state index in [1.165, 1.54) is 0 Å². The smallest absolute Gasteiger partial charge is 0.333 e. The molecule has 0 unspecified atom stereocenters. The van der Waals surface area contributed by atoms with Crippen LogP contribution in [-0.4, -0.2) is 22.0 Å². The molecule has 2 N–H and O–H groups in total. The van der Waals surface area contributed by atoms with Gasteiger partial charge in [-0.3, -0.25) is 9.59 Å². The molecule has 0 aliphatic carbocycles. The molecular weight excluding hydrogens is 330 g/mol. The van der Waals surface area contributed by atoms with E-state index < -0.39 is 11.2 Å². The van der Waals surface area contributed by atoms with Crippen LogP contribution in [0, 0.1) is 0 Å². The second-order valence-electron chi connectivity index (χ2n) is 6.13. The first-order valence-corrected chi connectivity index (χ1v) is 8.74. The first-order valence-electron chi connectivity index (χ1n) is 8.74. The maximum atomic E-state index is 12.7. The highest BCUT2D eigenvalue weighted by atomic mass is 16.2. The quantitative estimate of drug-likeness (QED) is 0.670. The van der Waals surface area contributed by atoms with E-state index in [1.807, 2.05) is 6.07 Å². The molecule has 1 aromatic heterocycles. The zero-order chi connectivity index (χ0) is 18.5. The van der Waals surface area contributed by atoms with Crippen molar-refractivity contribution in [3.63, 3.8) is 0 Å². The monoisotopic (exact) mass is 351 g/mol. The molecule has 3 aromatic rings. The summed E-state index contributed by atoms with van der Waals surface area (Å²) >= 11 is 0. The van der Waals surface area contributed by atoms with Crippen LogP contribution >= 0.6 is 0 Å². The lowest BCUT2D eigenvalue weighted by atomic mass is 10.1. The topological polar surface area (TPSA) is 84.0 Å². The number of carbonyl (C=O) groups is 1. The number of benzene rings is 2. The Morgan fingerprint density at radius 1 is 1.08 bits per heavy atom. The number of nitrogens with one attached hydrogen (secondary N) is 2. The third kappa shape index (κ3) is 3.59. The lowest BCUT2D eigenvalue weighted by Gasteiger charge is -2.08. The minimum Gasteiger partial charge on any atom is -0.352 e. The number of nitrogens with zero attached hydrogens (tertiary/aromatic N) is 1. The predicted octanol–water partition coefficient (Wildman–Crippen LogP) is 2.60. The average molecular weight is 351 g/mol. The summed E-state index contributed by atoms with van der Waals surface area (Å²) in [6, 6.07) is 13.5. The number of H-pyrrole nitrogens is 1. The first-order chi connectivity index (χ1) is 12.6. The van der Waals surface area contributed by atoms with Gasteiger partial charge in [-0.2, -0.15) is 0 Å². The Hall–Kier alpha value is -3.15. The molecule has 1 heterocycles. The van der Waals surface area contributed by atoms with Crippen LogP contribution in [0.15, 0.2) is 58.1 Å². The summed E-state index contributed by atoms with van der Waals surface area (Å²) in [5.41, 5.74) is 0.326. The molecule has 26 heavy (non-hydrogen) atoms. The molecule has 0 radical (unpaired) electrons. The lowest BCUT2D eigenvalue weighted by molar-refractivity contribution is 0.0953. The van der Waals surface area contributed by atoms with Crippen molar-refractivity contribution in [2.75, 3.05) is 6.54 Å². The van der Waals surface area contributed by atoms with Gasteiger partial charge in [0.25, 0.3) is 11.5 Å². The molecule has 0 saturated heterocycles. The van der Waals surface area contributed by atoms with Crippen molar-refractivity contribution in [1.29, 1.82) is 0 Å².